The van der Waals surface area contributed by atoms with Crippen molar-refractivity contribution in [1.82, 2.24) is 19.5 Å². The van der Waals surface area contributed by atoms with Crippen molar-refractivity contribution >= 4 is 17.1 Å². The summed E-state index contributed by atoms with van der Waals surface area (Å²) in [5, 5.41) is 0. The number of H-pyrrole nitrogens is 1. The minimum absolute atomic E-state index is 0.154. The maximum atomic E-state index is 11.7. The van der Waals surface area contributed by atoms with Gasteiger partial charge in [-0.2, -0.15) is 4.98 Å². The standard InChI is InChI=1S/C11H15N5O/c1-6-13-8-9(14-11(12)15-10(8)17)16(6)7-4-2-3-5-7/h7H,2-5H2,1H3,(H3,12,14,15,17). The molecule has 0 atom stereocenters. The summed E-state index contributed by atoms with van der Waals surface area (Å²) in [7, 11) is 0. The average molecular weight is 233 g/mol. The van der Waals surface area contributed by atoms with E-state index in [9.17, 15) is 4.79 Å². The summed E-state index contributed by atoms with van der Waals surface area (Å²) < 4.78 is 2.06. The smallest absolute Gasteiger partial charge is 0.280 e. The molecular weight excluding hydrogens is 218 g/mol. The Morgan fingerprint density at radius 3 is 2.76 bits per heavy atom. The zero-order valence-electron chi connectivity index (χ0n) is 9.73. The molecule has 90 valence electrons. The van der Waals surface area contributed by atoms with Crippen LogP contribution in [-0.4, -0.2) is 19.5 Å². The van der Waals surface area contributed by atoms with Gasteiger partial charge in [0.2, 0.25) is 5.95 Å². The minimum atomic E-state index is -0.257. The molecule has 0 aliphatic heterocycles. The van der Waals surface area contributed by atoms with E-state index in [-0.39, 0.29) is 11.5 Å². The van der Waals surface area contributed by atoms with Gasteiger partial charge in [-0.3, -0.25) is 9.78 Å². The van der Waals surface area contributed by atoms with E-state index in [2.05, 4.69) is 19.5 Å². The predicted molar refractivity (Wildman–Crippen MR) is 64.8 cm³/mol. The first kappa shape index (κ1) is 10.3. The number of hydrogen-bond acceptors (Lipinski definition) is 4. The van der Waals surface area contributed by atoms with Gasteiger partial charge in [0.05, 0.1) is 0 Å². The number of nitrogens with zero attached hydrogens (tertiary/aromatic N) is 3. The lowest BCUT2D eigenvalue weighted by Crippen LogP contribution is -2.13. The first-order valence-electron chi connectivity index (χ1n) is 5.91. The van der Waals surface area contributed by atoms with Gasteiger partial charge in [-0.1, -0.05) is 12.8 Å². The largest absolute Gasteiger partial charge is 0.369 e. The molecule has 2 aromatic rings. The normalized spacial score (nSPS) is 17.0. The number of aryl methyl sites for hydroxylation is 1. The zero-order valence-corrected chi connectivity index (χ0v) is 9.73. The van der Waals surface area contributed by atoms with Crippen LogP contribution in [0.5, 0.6) is 0 Å². The molecule has 1 aliphatic carbocycles. The van der Waals surface area contributed by atoms with E-state index in [0.717, 1.165) is 18.7 Å². The molecule has 2 heterocycles. The van der Waals surface area contributed by atoms with Crippen molar-refractivity contribution in [2.45, 2.75) is 38.6 Å². The van der Waals surface area contributed by atoms with Crippen LogP contribution in [-0.2, 0) is 0 Å². The molecule has 1 aliphatic rings. The molecule has 6 heteroatoms. The van der Waals surface area contributed by atoms with Crippen molar-refractivity contribution in [2.24, 2.45) is 0 Å². The molecule has 6 nitrogen and oxygen atoms in total. The Bertz CT molecular complexity index is 621. The van der Waals surface area contributed by atoms with Crippen molar-refractivity contribution in [2.75, 3.05) is 5.73 Å². The monoisotopic (exact) mass is 233 g/mol. The molecule has 0 amide bonds. The molecule has 0 radical (unpaired) electrons. The molecule has 1 saturated carbocycles. The van der Waals surface area contributed by atoms with Crippen LogP contribution in [0.3, 0.4) is 0 Å². The summed E-state index contributed by atoms with van der Waals surface area (Å²) in [4.78, 5) is 22.7. The second-order valence-electron chi connectivity index (χ2n) is 4.59. The lowest BCUT2D eigenvalue weighted by Gasteiger charge is -2.13. The van der Waals surface area contributed by atoms with Gasteiger partial charge < -0.3 is 10.3 Å². The molecular formula is C11H15N5O. The second-order valence-corrected chi connectivity index (χ2v) is 4.59. The highest BCUT2D eigenvalue weighted by Gasteiger charge is 2.22. The maximum Gasteiger partial charge on any atom is 0.280 e. The SMILES string of the molecule is Cc1nc2c(=O)[nH]c(N)nc2n1C1CCCC1. The molecule has 0 aromatic carbocycles. The lowest BCUT2D eigenvalue weighted by molar-refractivity contribution is 0.517. The highest BCUT2D eigenvalue weighted by atomic mass is 16.1. The Hall–Kier alpha value is -1.85. The molecule has 0 bridgehead atoms. The highest BCUT2D eigenvalue weighted by molar-refractivity contribution is 5.71. The van der Waals surface area contributed by atoms with Gasteiger partial charge in [0.15, 0.2) is 11.2 Å². The van der Waals surface area contributed by atoms with Gasteiger partial charge in [0.1, 0.15) is 5.82 Å². The van der Waals surface area contributed by atoms with Gasteiger partial charge in [-0.25, -0.2) is 4.98 Å². The number of nitrogen functional groups attached to an aromatic ring is 1. The molecule has 3 N–H and O–H groups in total. The van der Waals surface area contributed by atoms with Crippen LogP contribution in [0.25, 0.3) is 11.2 Å². The molecule has 2 aromatic heterocycles. The van der Waals surface area contributed by atoms with E-state index < -0.39 is 0 Å². The number of fused-ring (bicyclic) bond motifs is 1. The summed E-state index contributed by atoms with van der Waals surface area (Å²) >= 11 is 0. The van der Waals surface area contributed by atoms with Crippen LogP contribution in [0, 0.1) is 6.92 Å². The molecule has 1 fully saturated rings. The highest BCUT2D eigenvalue weighted by Crippen LogP contribution is 2.32. The summed E-state index contributed by atoms with van der Waals surface area (Å²) in [5.41, 5.74) is 6.35. The Morgan fingerprint density at radius 2 is 2.06 bits per heavy atom. The first-order chi connectivity index (χ1) is 8.16. The molecule has 0 saturated heterocycles. The topological polar surface area (TPSA) is 89.6 Å². The van der Waals surface area contributed by atoms with Gasteiger partial charge >= 0.3 is 0 Å². The summed E-state index contributed by atoms with van der Waals surface area (Å²) in [6, 6.07) is 0.411. The van der Waals surface area contributed by atoms with Crippen LogP contribution in [0.15, 0.2) is 4.79 Å². The van der Waals surface area contributed by atoms with Crippen LogP contribution >= 0.6 is 0 Å². The van der Waals surface area contributed by atoms with Gasteiger partial charge in [-0.05, 0) is 19.8 Å². The molecule has 0 unspecified atom stereocenters. The third-order valence-corrected chi connectivity index (χ3v) is 3.44. The van der Waals surface area contributed by atoms with Gasteiger partial charge in [0.25, 0.3) is 5.56 Å². The van der Waals surface area contributed by atoms with E-state index >= 15 is 0 Å². The predicted octanol–water partition coefficient (Wildman–Crippen LogP) is 1.13. The maximum absolute atomic E-state index is 11.7. The molecule has 17 heavy (non-hydrogen) atoms. The van der Waals surface area contributed by atoms with Crippen molar-refractivity contribution in [3.8, 4) is 0 Å². The number of anilines is 1. The first-order valence-corrected chi connectivity index (χ1v) is 5.91. The Balaban J connectivity index is 2.29. The van der Waals surface area contributed by atoms with Crippen LogP contribution in [0.2, 0.25) is 0 Å². The third kappa shape index (κ3) is 1.51. The van der Waals surface area contributed by atoms with Crippen molar-refractivity contribution in [3.63, 3.8) is 0 Å². The number of rotatable bonds is 1. The van der Waals surface area contributed by atoms with E-state index in [1.165, 1.54) is 12.8 Å². The van der Waals surface area contributed by atoms with E-state index in [1.807, 2.05) is 6.92 Å². The van der Waals surface area contributed by atoms with E-state index in [4.69, 9.17) is 5.73 Å². The zero-order chi connectivity index (χ0) is 12.0. The lowest BCUT2D eigenvalue weighted by atomic mass is 10.2. The average Bonchev–Trinajstić information content (AvgIpc) is 2.84. The summed E-state index contributed by atoms with van der Waals surface area (Å²) in [6.45, 7) is 1.91. The fourth-order valence-electron chi connectivity index (χ4n) is 2.71. The Labute approximate surface area is 97.9 Å². The van der Waals surface area contributed by atoms with Gasteiger partial charge in [-0.15, -0.1) is 0 Å². The Morgan fingerprint density at radius 1 is 1.35 bits per heavy atom. The van der Waals surface area contributed by atoms with Crippen LogP contribution in [0.4, 0.5) is 5.95 Å². The summed E-state index contributed by atoms with van der Waals surface area (Å²) in [6.07, 6.45) is 4.70. The number of hydrogen-bond donors (Lipinski definition) is 2. The van der Waals surface area contributed by atoms with Crippen LogP contribution in [0.1, 0.15) is 37.5 Å². The molecule has 0 spiro atoms. The van der Waals surface area contributed by atoms with Crippen LogP contribution < -0.4 is 11.3 Å². The number of aromatic amines is 1. The molecule has 3 rings (SSSR count). The van der Waals surface area contributed by atoms with Crippen molar-refractivity contribution in [3.05, 3.63) is 16.2 Å². The second kappa shape index (κ2) is 3.58. The van der Waals surface area contributed by atoms with Gasteiger partial charge in [0, 0.05) is 6.04 Å². The fraction of sp³-hybridized carbons (Fsp3) is 0.545. The number of aromatic nitrogens is 4. The quantitative estimate of drug-likeness (QED) is 0.772. The van der Waals surface area contributed by atoms with Crippen molar-refractivity contribution < 1.29 is 0 Å². The van der Waals surface area contributed by atoms with E-state index in [1.54, 1.807) is 0 Å². The minimum Gasteiger partial charge on any atom is -0.369 e. The summed E-state index contributed by atoms with van der Waals surface area (Å²) in [5.74, 6) is 0.997. The fourth-order valence-corrected chi connectivity index (χ4v) is 2.71. The number of imidazole rings is 1. The third-order valence-electron chi connectivity index (χ3n) is 3.44. The number of nitrogens with two attached hydrogens (primary N) is 1. The van der Waals surface area contributed by atoms with E-state index in [0.29, 0.717) is 17.2 Å². The number of nitrogens with one attached hydrogen (secondary N) is 1. The Kier molecular flexibility index (Phi) is 2.17. The van der Waals surface area contributed by atoms with Crippen molar-refractivity contribution in [1.29, 1.82) is 0 Å².